The number of phenolic OH excluding ortho intramolecular Hbond substituents is 1. The predicted octanol–water partition coefficient (Wildman–Crippen LogP) is 3.05. The molecule has 0 saturated heterocycles. The van der Waals surface area contributed by atoms with Crippen LogP contribution in [0.5, 0.6) is 5.75 Å². The fourth-order valence-electron chi connectivity index (χ4n) is 3.04. The van der Waals surface area contributed by atoms with Crippen molar-refractivity contribution in [2.45, 2.75) is 45.1 Å². The Morgan fingerprint density at radius 3 is 2.65 bits per heavy atom. The summed E-state index contributed by atoms with van der Waals surface area (Å²) in [6, 6.07) is 5.69. The van der Waals surface area contributed by atoms with Gasteiger partial charge in [-0.25, -0.2) is 0 Å². The van der Waals surface area contributed by atoms with E-state index in [4.69, 9.17) is 5.73 Å². The van der Waals surface area contributed by atoms with Gasteiger partial charge in [-0.15, -0.1) is 10.2 Å². The molecule has 3 N–H and O–H groups in total. The molecule has 0 unspecified atom stereocenters. The number of aromatic nitrogens is 3. The van der Waals surface area contributed by atoms with Crippen molar-refractivity contribution in [1.82, 2.24) is 14.8 Å². The van der Waals surface area contributed by atoms with E-state index in [-0.39, 0.29) is 5.75 Å². The minimum atomic E-state index is 0.106. The first-order valence-electron chi connectivity index (χ1n) is 7.17. The van der Waals surface area contributed by atoms with Crippen molar-refractivity contribution in [2.75, 3.05) is 5.73 Å². The number of aryl methyl sites for hydroxylation is 1. The smallest absolute Gasteiger partial charge is 0.164 e. The summed E-state index contributed by atoms with van der Waals surface area (Å²) in [5, 5.41) is 18.1. The summed E-state index contributed by atoms with van der Waals surface area (Å²) >= 11 is 0. The van der Waals surface area contributed by atoms with Gasteiger partial charge in [-0.1, -0.05) is 19.3 Å². The van der Waals surface area contributed by atoms with Crippen LogP contribution < -0.4 is 5.73 Å². The van der Waals surface area contributed by atoms with Crippen LogP contribution in [0.3, 0.4) is 0 Å². The van der Waals surface area contributed by atoms with Gasteiger partial charge in [-0.05, 0) is 38.0 Å². The average molecular weight is 272 g/mol. The van der Waals surface area contributed by atoms with Crippen LogP contribution in [0.15, 0.2) is 18.2 Å². The second kappa shape index (κ2) is 5.15. The van der Waals surface area contributed by atoms with Gasteiger partial charge in [-0.2, -0.15) is 0 Å². The minimum Gasteiger partial charge on any atom is -0.506 e. The Morgan fingerprint density at radius 1 is 1.20 bits per heavy atom. The molecule has 0 atom stereocenters. The van der Waals surface area contributed by atoms with Crippen LogP contribution in [0.25, 0.3) is 11.4 Å². The normalized spacial score (nSPS) is 16.4. The lowest BCUT2D eigenvalue weighted by molar-refractivity contribution is 0.350. The Balaban J connectivity index is 2.03. The molecule has 20 heavy (non-hydrogen) atoms. The minimum absolute atomic E-state index is 0.106. The van der Waals surface area contributed by atoms with E-state index in [1.807, 2.05) is 13.0 Å². The molecular weight excluding hydrogens is 252 g/mol. The van der Waals surface area contributed by atoms with Gasteiger partial charge in [0.25, 0.3) is 0 Å². The number of nitrogens with two attached hydrogens (primary N) is 1. The summed E-state index contributed by atoms with van der Waals surface area (Å²) in [6.07, 6.45) is 6.21. The molecule has 1 fully saturated rings. The fourth-order valence-corrected chi connectivity index (χ4v) is 3.04. The summed E-state index contributed by atoms with van der Waals surface area (Å²) < 4.78 is 2.23. The second-order valence-corrected chi connectivity index (χ2v) is 5.51. The van der Waals surface area contributed by atoms with Crippen LogP contribution in [0.2, 0.25) is 0 Å². The van der Waals surface area contributed by atoms with E-state index in [0.717, 1.165) is 17.2 Å². The Bertz CT molecular complexity index is 614. The van der Waals surface area contributed by atoms with Crippen molar-refractivity contribution in [3.63, 3.8) is 0 Å². The van der Waals surface area contributed by atoms with Gasteiger partial charge >= 0.3 is 0 Å². The number of benzene rings is 1. The third kappa shape index (κ3) is 2.24. The lowest BCUT2D eigenvalue weighted by atomic mass is 9.95. The van der Waals surface area contributed by atoms with Gasteiger partial charge in [0.15, 0.2) is 5.82 Å². The molecule has 0 bridgehead atoms. The molecule has 5 heteroatoms. The van der Waals surface area contributed by atoms with Crippen LogP contribution in [-0.2, 0) is 0 Å². The Kier molecular flexibility index (Phi) is 3.34. The zero-order valence-corrected chi connectivity index (χ0v) is 11.7. The molecule has 1 aliphatic carbocycles. The highest BCUT2D eigenvalue weighted by molar-refractivity contribution is 5.66. The van der Waals surface area contributed by atoms with Crippen molar-refractivity contribution >= 4 is 5.69 Å². The Labute approximate surface area is 118 Å². The lowest BCUT2D eigenvalue weighted by Gasteiger charge is -2.25. The summed E-state index contributed by atoms with van der Waals surface area (Å²) in [5.41, 5.74) is 7.07. The number of hydrogen-bond acceptors (Lipinski definition) is 4. The summed E-state index contributed by atoms with van der Waals surface area (Å²) in [5.74, 6) is 1.90. The molecule has 1 saturated carbocycles. The quantitative estimate of drug-likeness (QED) is 0.650. The fraction of sp³-hybridized carbons (Fsp3) is 0.467. The number of hydrogen-bond donors (Lipinski definition) is 2. The maximum atomic E-state index is 9.55. The van der Waals surface area contributed by atoms with E-state index in [1.165, 1.54) is 32.1 Å². The molecule has 1 aliphatic rings. The average Bonchev–Trinajstić information content (AvgIpc) is 2.85. The van der Waals surface area contributed by atoms with Crippen molar-refractivity contribution in [3.05, 3.63) is 24.0 Å². The molecule has 0 amide bonds. The maximum Gasteiger partial charge on any atom is 0.164 e. The van der Waals surface area contributed by atoms with Crippen LogP contribution in [0.4, 0.5) is 5.69 Å². The van der Waals surface area contributed by atoms with Crippen LogP contribution in [0, 0.1) is 6.92 Å². The highest BCUT2D eigenvalue weighted by atomic mass is 16.3. The lowest BCUT2D eigenvalue weighted by Crippen LogP contribution is -2.15. The van der Waals surface area contributed by atoms with Gasteiger partial charge in [0.05, 0.1) is 5.69 Å². The van der Waals surface area contributed by atoms with Gasteiger partial charge < -0.3 is 15.4 Å². The molecule has 2 aromatic rings. The first-order valence-corrected chi connectivity index (χ1v) is 7.17. The van der Waals surface area contributed by atoms with Crippen LogP contribution in [-0.4, -0.2) is 19.9 Å². The second-order valence-electron chi connectivity index (χ2n) is 5.51. The molecule has 106 valence electrons. The molecule has 1 heterocycles. The van der Waals surface area contributed by atoms with E-state index < -0.39 is 0 Å². The highest BCUT2D eigenvalue weighted by Crippen LogP contribution is 2.34. The van der Waals surface area contributed by atoms with Crippen molar-refractivity contribution in [1.29, 1.82) is 0 Å². The first kappa shape index (κ1) is 13.0. The molecule has 0 spiro atoms. The molecular formula is C15H20N4O. The molecule has 3 rings (SSSR count). The first-order chi connectivity index (χ1) is 9.66. The van der Waals surface area contributed by atoms with E-state index in [0.29, 0.717) is 11.7 Å². The number of nitrogens with zero attached hydrogens (tertiary/aromatic N) is 3. The van der Waals surface area contributed by atoms with E-state index >= 15 is 0 Å². The monoisotopic (exact) mass is 272 g/mol. The Morgan fingerprint density at radius 2 is 1.95 bits per heavy atom. The number of rotatable bonds is 2. The molecule has 0 radical (unpaired) electrons. The number of anilines is 1. The largest absolute Gasteiger partial charge is 0.506 e. The molecule has 0 aliphatic heterocycles. The standard InChI is InChI=1S/C15H20N4O/c1-10-17-18-15(11-7-8-14(20)13(16)9-11)19(10)12-5-3-2-4-6-12/h7-9,12,20H,2-6,16H2,1H3. The topological polar surface area (TPSA) is 77.0 Å². The summed E-state index contributed by atoms with van der Waals surface area (Å²) in [4.78, 5) is 0. The highest BCUT2D eigenvalue weighted by Gasteiger charge is 2.22. The van der Waals surface area contributed by atoms with E-state index in [1.54, 1.807) is 12.1 Å². The Hall–Kier alpha value is -2.04. The van der Waals surface area contributed by atoms with E-state index in [2.05, 4.69) is 14.8 Å². The zero-order valence-electron chi connectivity index (χ0n) is 11.7. The van der Waals surface area contributed by atoms with Crippen LogP contribution in [0.1, 0.15) is 44.0 Å². The third-order valence-electron chi connectivity index (χ3n) is 4.09. The van der Waals surface area contributed by atoms with Crippen molar-refractivity contribution in [2.24, 2.45) is 0 Å². The predicted molar refractivity (Wildman–Crippen MR) is 78.4 cm³/mol. The number of aromatic hydroxyl groups is 1. The number of nitrogen functional groups attached to an aromatic ring is 1. The molecule has 1 aromatic heterocycles. The summed E-state index contributed by atoms with van der Waals surface area (Å²) in [6.45, 7) is 1.99. The zero-order chi connectivity index (χ0) is 14.1. The van der Waals surface area contributed by atoms with Crippen molar-refractivity contribution in [3.8, 4) is 17.1 Å². The van der Waals surface area contributed by atoms with Gasteiger partial charge in [-0.3, -0.25) is 0 Å². The molecule has 5 nitrogen and oxygen atoms in total. The van der Waals surface area contributed by atoms with Crippen molar-refractivity contribution < 1.29 is 5.11 Å². The summed E-state index contributed by atoms with van der Waals surface area (Å²) in [7, 11) is 0. The maximum absolute atomic E-state index is 9.55. The third-order valence-corrected chi connectivity index (χ3v) is 4.09. The van der Waals surface area contributed by atoms with Crippen LogP contribution >= 0.6 is 0 Å². The molecule has 1 aromatic carbocycles. The van der Waals surface area contributed by atoms with Gasteiger partial charge in [0, 0.05) is 11.6 Å². The van der Waals surface area contributed by atoms with Gasteiger partial charge in [0.2, 0.25) is 0 Å². The number of phenols is 1. The van der Waals surface area contributed by atoms with Gasteiger partial charge in [0.1, 0.15) is 11.6 Å². The SMILES string of the molecule is Cc1nnc(-c2ccc(O)c(N)c2)n1C1CCCCC1. The van der Waals surface area contributed by atoms with E-state index in [9.17, 15) is 5.11 Å².